The lowest BCUT2D eigenvalue weighted by molar-refractivity contribution is 1.30. The average Bonchev–Trinajstić information content (AvgIpc) is 2.22. The van der Waals surface area contributed by atoms with Crippen molar-refractivity contribution in [1.82, 2.24) is 4.98 Å². The van der Waals surface area contributed by atoms with E-state index in [0.717, 1.165) is 21.3 Å². The zero-order valence-corrected chi connectivity index (χ0v) is 9.95. The van der Waals surface area contributed by atoms with Crippen molar-refractivity contribution in [2.45, 2.75) is 6.92 Å². The van der Waals surface area contributed by atoms with Gasteiger partial charge in [0.15, 0.2) is 0 Å². The third-order valence-corrected chi connectivity index (χ3v) is 2.71. The lowest BCUT2D eigenvalue weighted by Gasteiger charge is -2.06. The number of aryl methyl sites for hydroxylation is 1. The minimum atomic E-state index is 0.774. The van der Waals surface area contributed by atoms with Gasteiger partial charge in [-0.05, 0) is 52.2 Å². The molecule has 1 aromatic carbocycles. The molecule has 0 bridgehead atoms. The van der Waals surface area contributed by atoms with Crippen molar-refractivity contribution in [2.24, 2.45) is 0 Å². The molecule has 0 amide bonds. The van der Waals surface area contributed by atoms with Gasteiger partial charge in [0.1, 0.15) is 0 Å². The third kappa shape index (κ3) is 2.18. The molecule has 76 valence electrons. The van der Waals surface area contributed by atoms with Crippen LogP contribution in [0, 0.1) is 6.92 Å². The van der Waals surface area contributed by atoms with Crippen LogP contribution in [0.4, 0.5) is 5.69 Å². The first-order valence-electron chi connectivity index (χ1n) is 4.64. The Morgan fingerprint density at radius 2 is 2.00 bits per heavy atom. The number of anilines is 1. The van der Waals surface area contributed by atoms with Crippen LogP contribution in [0.2, 0.25) is 0 Å². The molecule has 0 aliphatic heterocycles. The first-order valence-corrected chi connectivity index (χ1v) is 5.43. The summed E-state index contributed by atoms with van der Waals surface area (Å²) >= 11 is 3.41. The highest BCUT2D eigenvalue weighted by Crippen LogP contribution is 2.26. The minimum Gasteiger partial charge on any atom is -0.399 e. The number of aromatic nitrogens is 1. The van der Waals surface area contributed by atoms with Gasteiger partial charge in [0.2, 0.25) is 0 Å². The van der Waals surface area contributed by atoms with E-state index in [1.54, 1.807) is 6.20 Å². The fraction of sp³-hybridized carbons (Fsp3) is 0.0833. The van der Waals surface area contributed by atoms with Crippen molar-refractivity contribution < 1.29 is 0 Å². The second kappa shape index (κ2) is 4.03. The highest BCUT2D eigenvalue weighted by molar-refractivity contribution is 9.10. The van der Waals surface area contributed by atoms with E-state index < -0.39 is 0 Å². The number of nitrogens with two attached hydrogens (primary N) is 1. The Balaban J connectivity index is 2.58. The zero-order chi connectivity index (χ0) is 10.8. The van der Waals surface area contributed by atoms with E-state index in [1.165, 1.54) is 5.56 Å². The maximum Gasteiger partial charge on any atom is 0.0410 e. The van der Waals surface area contributed by atoms with Gasteiger partial charge < -0.3 is 5.73 Å². The summed E-state index contributed by atoms with van der Waals surface area (Å²) in [6.07, 6.45) is 3.61. The van der Waals surface area contributed by atoms with Crippen molar-refractivity contribution in [2.75, 3.05) is 5.73 Å². The molecule has 0 saturated heterocycles. The number of hydrogen-bond donors (Lipinski definition) is 1. The molecular formula is C12H11BrN2. The van der Waals surface area contributed by atoms with E-state index in [2.05, 4.69) is 27.8 Å². The average molecular weight is 263 g/mol. The second-order valence-electron chi connectivity index (χ2n) is 3.47. The number of hydrogen-bond acceptors (Lipinski definition) is 2. The van der Waals surface area contributed by atoms with E-state index in [0.29, 0.717) is 0 Å². The first-order chi connectivity index (χ1) is 7.16. The molecule has 0 saturated carbocycles. The molecule has 2 N–H and O–H groups in total. The number of pyridine rings is 1. The van der Waals surface area contributed by atoms with Crippen molar-refractivity contribution in [3.8, 4) is 11.1 Å². The SMILES string of the molecule is Cc1ccc(N)cc1-c1cncc(Br)c1. The monoisotopic (exact) mass is 262 g/mol. The van der Waals surface area contributed by atoms with E-state index >= 15 is 0 Å². The molecular weight excluding hydrogens is 252 g/mol. The number of rotatable bonds is 1. The Kier molecular flexibility index (Phi) is 2.73. The Bertz CT molecular complexity index is 495. The standard InChI is InChI=1S/C12H11BrN2/c1-8-2-3-11(14)5-12(8)9-4-10(13)7-15-6-9/h2-7H,14H2,1H3. The Morgan fingerprint density at radius 1 is 1.20 bits per heavy atom. The summed E-state index contributed by atoms with van der Waals surface area (Å²) in [7, 11) is 0. The topological polar surface area (TPSA) is 38.9 Å². The van der Waals surface area contributed by atoms with Gasteiger partial charge in [-0.3, -0.25) is 4.98 Å². The van der Waals surface area contributed by atoms with Crippen LogP contribution in [0.5, 0.6) is 0 Å². The van der Waals surface area contributed by atoms with Crippen LogP contribution in [0.15, 0.2) is 41.1 Å². The van der Waals surface area contributed by atoms with Crippen LogP contribution in [-0.4, -0.2) is 4.98 Å². The summed E-state index contributed by atoms with van der Waals surface area (Å²) in [5.74, 6) is 0. The summed E-state index contributed by atoms with van der Waals surface area (Å²) in [6, 6.07) is 7.93. The number of nitrogens with zero attached hydrogens (tertiary/aromatic N) is 1. The zero-order valence-electron chi connectivity index (χ0n) is 8.37. The Morgan fingerprint density at radius 3 is 2.73 bits per heavy atom. The highest BCUT2D eigenvalue weighted by Gasteiger charge is 2.03. The van der Waals surface area contributed by atoms with Crippen molar-refractivity contribution in [1.29, 1.82) is 0 Å². The molecule has 0 atom stereocenters. The fourth-order valence-corrected chi connectivity index (χ4v) is 1.87. The molecule has 3 heteroatoms. The first kappa shape index (κ1) is 10.2. The smallest absolute Gasteiger partial charge is 0.0410 e. The predicted molar refractivity (Wildman–Crippen MR) is 66.5 cm³/mol. The third-order valence-electron chi connectivity index (χ3n) is 2.28. The summed E-state index contributed by atoms with van der Waals surface area (Å²) in [6.45, 7) is 2.07. The molecule has 15 heavy (non-hydrogen) atoms. The van der Waals surface area contributed by atoms with E-state index in [-0.39, 0.29) is 0 Å². The summed E-state index contributed by atoms with van der Waals surface area (Å²) in [5, 5.41) is 0. The fourth-order valence-electron chi connectivity index (χ4n) is 1.51. The van der Waals surface area contributed by atoms with Gasteiger partial charge in [0.05, 0.1) is 0 Å². The molecule has 0 spiro atoms. The maximum atomic E-state index is 5.77. The molecule has 1 aromatic heterocycles. The predicted octanol–water partition coefficient (Wildman–Crippen LogP) is 3.40. The molecule has 0 aliphatic rings. The molecule has 0 radical (unpaired) electrons. The van der Waals surface area contributed by atoms with Gasteiger partial charge in [-0.15, -0.1) is 0 Å². The maximum absolute atomic E-state index is 5.77. The summed E-state index contributed by atoms with van der Waals surface area (Å²) < 4.78 is 0.974. The van der Waals surface area contributed by atoms with Crippen molar-refractivity contribution in [3.05, 3.63) is 46.7 Å². The van der Waals surface area contributed by atoms with Gasteiger partial charge in [-0.2, -0.15) is 0 Å². The van der Waals surface area contributed by atoms with Crippen LogP contribution < -0.4 is 5.73 Å². The number of halogens is 1. The lowest BCUT2D eigenvalue weighted by Crippen LogP contribution is -1.89. The molecule has 2 rings (SSSR count). The van der Waals surface area contributed by atoms with Gasteiger partial charge in [-0.25, -0.2) is 0 Å². The summed E-state index contributed by atoms with van der Waals surface area (Å²) in [4.78, 5) is 4.14. The molecule has 0 fully saturated rings. The lowest BCUT2D eigenvalue weighted by atomic mass is 10.0. The van der Waals surface area contributed by atoms with Crippen LogP contribution in [0.25, 0.3) is 11.1 Å². The normalized spacial score (nSPS) is 10.3. The molecule has 0 unspecified atom stereocenters. The van der Waals surface area contributed by atoms with Crippen LogP contribution >= 0.6 is 15.9 Å². The van der Waals surface area contributed by atoms with Gasteiger partial charge >= 0.3 is 0 Å². The van der Waals surface area contributed by atoms with Crippen LogP contribution in [0.1, 0.15) is 5.56 Å². The highest BCUT2D eigenvalue weighted by atomic mass is 79.9. The largest absolute Gasteiger partial charge is 0.399 e. The quantitative estimate of drug-likeness (QED) is 0.801. The van der Waals surface area contributed by atoms with E-state index in [1.807, 2.05) is 30.5 Å². The van der Waals surface area contributed by atoms with Gasteiger partial charge in [0, 0.05) is 28.1 Å². The molecule has 2 aromatic rings. The second-order valence-corrected chi connectivity index (χ2v) is 4.38. The number of benzene rings is 1. The minimum absolute atomic E-state index is 0.774. The van der Waals surface area contributed by atoms with Crippen LogP contribution in [-0.2, 0) is 0 Å². The van der Waals surface area contributed by atoms with Crippen LogP contribution in [0.3, 0.4) is 0 Å². The summed E-state index contributed by atoms with van der Waals surface area (Å²) in [5.41, 5.74) is 9.95. The van der Waals surface area contributed by atoms with Crippen molar-refractivity contribution in [3.63, 3.8) is 0 Å². The van der Waals surface area contributed by atoms with Gasteiger partial charge in [-0.1, -0.05) is 6.07 Å². The van der Waals surface area contributed by atoms with Crippen molar-refractivity contribution >= 4 is 21.6 Å². The number of nitrogen functional groups attached to an aromatic ring is 1. The van der Waals surface area contributed by atoms with E-state index in [4.69, 9.17) is 5.73 Å². The van der Waals surface area contributed by atoms with Gasteiger partial charge in [0.25, 0.3) is 0 Å². The van der Waals surface area contributed by atoms with E-state index in [9.17, 15) is 0 Å². The molecule has 2 nitrogen and oxygen atoms in total. The Labute approximate surface area is 97.3 Å². The molecule has 0 aliphatic carbocycles. The molecule has 1 heterocycles. The Hall–Kier alpha value is -1.35.